The number of nitrogens with zero attached hydrogens (tertiary/aromatic N) is 4. The molecule has 0 saturated carbocycles. The first-order valence-corrected chi connectivity index (χ1v) is 8.23. The molecule has 0 fully saturated rings. The van der Waals surface area contributed by atoms with Gasteiger partial charge in [0.05, 0.1) is 29.4 Å². The molecule has 1 N–H and O–H groups in total. The monoisotopic (exact) mass is 315 g/mol. The fourth-order valence-corrected chi connectivity index (χ4v) is 2.37. The minimum Gasteiger partial charge on any atom is -0.322 e. The van der Waals surface area contributed by atoms with Crippen LogP contribution in [0.25, 0.3) is 5.65 Å². The molecule has 3 heterocycles. The zero-order valence-electron chi connectivity index (χ0n) is 12.4. The molecule has 0 aliphatic carbocycles. The maximum Gasteiger partial charge on any atom is 0.237 e. The number of fused-ring (bicyclic) bond motifs is 1. The summed E-state index contributed by atoms with van der Waals surface area (Å²) in [5.41, 5.74) is 2.53. The van der Waals surface area contributed by atoms with Crippen molar-refractivity contribution < 1.29 is 4.79 Å². The van der Waals surface area contributed by atoms with Gasteiger partial charge in [0, 0.05) is 18.6 Å². The lowest BCUT2D eigenvalue weighted by Gasteiger charge is -2.07. The summed E-state index contributed by atoms with van der Waals surface area (Å²) in [4.78, 5) is 16.4. The number of aromatic nitrogens is 4. The summed E-state index contributed by atoms with van der Waals surface area (Å²) in [6.45, 7) is 2.44. The van der Waals surface area contributed by atoms with E-state index < -0.39 is 0 Å². The van der Waals surface area contributed by atoms with Gasteiger partial charge in [-0.05, 0) is 25.3 Å². The van der Waals surface area contributed by atoms with E-state index in [1.807, 2.05) is 54.4 Å². The van der Waals surface area contributed by atoms with Gasteiger partial charge in [0.15, 0.2) is 0 Å². The Morgan fingerprint density at radius 2 is 2.27 bits per heavy atom. The molecule has 0 radical (unpaired) electrons. The fourth-order valence-electron chi connectivity index (χ4n) is 2.09. The topological polar surface area (TPSA) is 64.2 Å². The summed E-state index contributed by atoms with van der Waals surface area (Å²) in [6, 6.07) is 5.88. The highest BCUT2D eigenvalue weighted by Gasteiger charge is 2.12. The van der Waals surface area contributed by atoms with Crippen LogP contribution in [-0.4, -0.2) is 36.6 Å². The van der Waals surface area contributed by atoms with Gasteiger partial charge in [-0.25, -0.2) is 4.98 Å². The van der Waals surface area contributed by atoms with Gasteiger partial charge in [0.2, 0.25) is 5.91 Å². The minimum absolute atomic E-state index is 0.0141. The lowest BCUT2D eigenvalue weighted by Crippen LogP contribution is -2.21. The normalized spacial score (nSPS) is 12.5. The van der Waals surface area contributed by atoms with Crippen LogP contribution in [0.1, 0.15) is 12.6 Å². The van der Waals surface area contributed by atoms with Crippen LogP contribution < -0.4 is 5.32 Å². The number of rotatable bonds is 5. The molecule has 7 heteroatoms. The molecule has 114 valence electrons. The zero-order chi connectivity index (χ0) is 15.5. The number of amides is 1. The molecule has 0 bridgehead atoms. The number of hydrogen-bond donors (Lipinski definition) is 1. The summed E-state index contributed by atoms with van der Waals surface area (Å²) in [5, 5.41) is 7.04. The van der Waals surface area contributed by atoms with Crippen LogP contribution in [-0.2, 0) is 11.3 Å². The third-order valence-electron chi connectivity index (χ3n) is 3.36. The predicted molar refractivity (Wildman–Crippen MR) is 88.1 cm³/mol. The standard InChI is InChI=1S/C15H17N5OS/c1-11(22-2)15(21)18-12-7-16-20(9-12)10-13-8-19-6-4-3-5-14(19)17-13/h3-9,11H,10H2,1-2H3,(H,18,21). The number of nitrogens with one attached hydrogen (secondary N) is 1. The molecular formula is C15H17N5OS. The Labute approximate surface area is 132 Å². The number of anilines is 1. The van der Waals surface area contributed by atoms with Crippen LogP contribution in [0, 0.1) is 0 Å². The molecule has 1 atom stereocenters. The van der Waals surface area contributed by atoms with Crippen LogP contribution in [0.2, 0.25) is 0 Å². The van der Waals surface area contributed by atoms with Crippen molar-refractivity contribution in [1.82, 2.24) is 19.2 Å². The van der Waals surface area contributed by atoms with Crippen molar-refractivity contribution >= 4 is 29.0 Å². The van der Waals surface area contributed by atoms with Gasteiger partial charge in [-0.2, -0.15) is 16.9 Å². The van der Waals surface area contributed by atoms with Crippen molar-refractivity contribution in [2.45, 2.75) is 18.7 Å². The smallest absolute Gasteiger partial charge is 0.237 e. The first kappa shape index (κ1) is 14.6. The predicted octanol–water partition coefficient (Wildman–Crippen LogP) is 2.27. The average molecular weight is 315 g/mol. The van der Waals surface area contributed by atoms with Crippen LogP contribution in [0.15, 0.2) is 43.0 Å². The molecule has 3 aromatic rings. The second-order valence-corrected chi connectivity index (χ2v) is 6.17. The number of hydrogen-bond acceptors (Lipinski definition) is 4. The Kier molecular flexibility index (Phi) is 4.15. The van der Waals surface area contributed by atoms with Gasteiger partial charge in [-0.15, -0.1) is 0 Å². The second-order valence-electron chi connectivity index (χ2n) is 4.99. The zero-order valence-corrected chi connectivity index (χ0v) is 13.2. The van der Waals surface area contributed by atoms with E-state index >= 15 is 0 Å². The number of carbonyl (C=O) groups excluding carboxylic acids is 1. The van der Waals surface area contributed by atoms with Gasteiger partial charge in [0.1, 0.15) is 5.65 Å². The molecule has 1 unspecified atom stereocenters. The third kappa shape index (κ3) is 3.14. The molecule has 0 aromatic carbocycles. The SMILES string of the molecule is CSC(C)C(=O)Nc1cnn(Cc2cn3ccccc3n2)c1. The Hall–Kier alpha value is -2.28. The highest BCUT2D eigenvalue weighted by molar-refractivity contribution is 7.99. The fraction of sp³-hybridized carbons (Fsp3) is 0.267. The Balaban J connectivity index is 1.70. The number of thioether (sulfide) groups is 1. The summed E-state index contributed by atoms with van der Waals surface area (Å²) in [5.74, 6) is -0.0141. The lowest BCUT2D eigenvalue weighted by molar-refractivity contribution is -0.115. The molecule has 6 nitrogen and oxygen atoms in total. The highest BCUT2D eigenvalue weighted by Crippen LogP contribution is 2.12. The molecule has 22 heavy (non-hydrogen) atoms. The van der Waals surface area contributed by atoms with E-state index in [1.54, 1.807) is 10.9 Å². The molecule has 1 amide bonds. The van der Waals surface area contributed by atoms with Gasteiger partial charge in [-0.1, -0.05) is 6.07 Å². The molecule has 3 rings (SSSR count). The minimum atomic E-state index is -0.0817. The van der Waals surface area contributed by atoms with Crippen LogP contribution >= 0.6 is 11.8 Å². The summed E-state index contributed by atoms with van der Waals surface area (Å²) < 4.78 is 3.74. The third-order valence-corrected chi connectivity index (χ3v) is 4.28. The van der Waals surface area contributed by atoms with E-state index in [0.29, 0.717) is 12.2 Å². The first-order valence-electron chi connectivity index (χ1n) is 6.94. The van der Waals surface area contributed by atoms with E-state index in [0.717, 1.165) is 11.3 Å². The maximum absolute atomic E-state index is 11.8. The molecular weight excluding hydrogens is 298 g/mol. The number of imidazole rings is 1. The highest BCUT2D eigenvalue weighted by atomic mass is 32.2. The Bertz CT molecular complexity index is 761. The summed E-state index contributed by atoms with van der Waals surface area (Å²) >= 11 is 1.51. The van der Waals surface area contributed by atoms with E-state index in [9.17, 15) is 4.79 Å². The molecule has 0 saturated heterocycles. The second kappa shape index (κ2) is 6.23. The average Bonchev–Trinajstić information content (AvgIpc) is 3.12. The van der Waals surface area contributed by atoms with Gasteiger partial charge in [0.25, 0.3) is 0 Å². The van der Waals surface area contributed by atoms with Crippen molar-refractivity contribution in [3.63, 3.8) is 0 Å². The van der Waals surface area contributed by atoms with E-state index in [-0.39, 0.29) is 11.2 Å². The van der Waals surface area contributed by atoms with Crippen molar-refractivity contribution in [3.8, 4) is 0 Å². The van der Waals surface area contributed by atoms with Crippen molar-refractivity contribution in [2.75, 3.05) is 11.6 Å². The Morgan fingerprint density at radius 1 is 1.41 bits per heavy atom. The van der Waals surface area contributed by atoms with E-state index in [1.165, 1.54) is 11.8 Å². The van der Waals surface area contributed by atoms with Gasteiger partial charge in [-0.3, -0.25) is 9.48 Å². The van der Waals surface area contributed by atoms with E-state index in [2.05, 4.69) is 15.4 Å². The van der Waals surface area contributed by atoms with Crippen molar-refractivity contribution in [2.24, 2.45) is 0 Å². The van der Waals surface area contributed by atoms with Crippen LogP contribution in [0.5, 0.6) is 0 Å². The van der Waals surface area contributed by atoms with Gasteiger partial charge >= 0.3 is 0 Å². The number of pyridine rings is 1. The summed E-state index contributed by atoms with van der Waals surface area (Å²) in [6.07, 6.45) is 9.32. The van der Waals surface area contributed by atoms with Crippen LogP contribution in [0.3, 0.4) is 0 Å². The molecule has 0 aliphatic rings. The van der Waals surface area contributed by atoms with Crippen molar-refractivity contribution in [1.29, 1.82) is 0 Å². The van der Waals surface area contributed by atoms with Crippen molar-refractivity contribution in [3.05, 3.63) is 48.7 Å². The quantitative estimate of drug-likeness (QED) is 0.784. The van der Waals surface area contributed by atoms with Crippen LogP contribution in [0.4, 0.5) is 5.69 Å². The lowest BCUT2D eigenvalue weighted by atomic mass is 10.4. The maximum atomic E-state index is 11.8. The molecule has 0 spiro atoms. The summed E-state index contributed by atoms with van der Waals surface area (Å²) in [7, 11) is 0. The largest absolute Gasteiger partial charge is 0.322 e. The first-order chi connectivity index (χ1) is 10.7. The van der Waals surface area contributed by atoms with E-state index in [4.69, 9.17) is 0 Å². The molecule has 0 aliphatic heterocycles. The van der Waals surface area contributed by atoms with Gasteiger partial charge < -0.3 is 9.72 Å². The Morgan fingerprint density at radius 3 is 3.05 bits per heavy atom. The number of carbonyl (C=O) groups is 1. The molecule has 3 aromatic heterocycles.